The zero-order valence-corrected chi connectivity index (χ0v) is 19.1. The van der Waals surface area contributed by atoms with Gasteiger partial charge in [-0.25, -0.2) is 4.57 Å². The van der Waals surface area contributed by atoms with Crippen molar-refractivity contribution in [2.45, 2.75) is 90.3 Å². The second-order valence-corrected chi connectivity index (χ2v) is 8.45. The molecule has 1 saturated heterocycles. The number of hydrogen-bond acceptors (Lipinski definition) is 9. The number of ether oxygens (including phenoxy) is 4. The smallest absolute Gasteiger partial charge is 0.455 e. The molecule has 0 bridgehead atoms. The summed E-state index contributed by atoms with van der Waals surface area (Å²) < 4.78 is 43.6. The third kappa shape index (κ3) is 9.41. The fraction of sp³-hybridized carbons (Fsp3) is 0.895. The molecule has 1 aliphatic rings. The van der Waals surface area contributed by atoms with E-state index in [1.165, 1.54) is 7.11 Å². The topological polar surface area (TPSA) is 127 Å². The van der Waals surface area contributed by atoms with E-state index < -0.39 is 51.0 Å². The average molecular weight is 454 g/mol. The van der Waals surface area contributed by atoms with Gasteiger partial charge in [-0.3, -0.25) is 18.6 Å². The Labute approximate surface area is 178 Å². The molecule has 0 aromatic rings. The van der Waals surface area contributed by atoms with Crippen LogP contribution in [-0.2, 0) is 42.1 Å². The number of rotatable bonds is 15. The Morgan fingerprint density at radius 2 is 1.50 bits per heavy atom. The van der Waals surface area contributed by atoms with Gasteiger partial charge in [-0.15, -0.1) is 0 Å². The van der Waals surface area contributed by atoms with Crippen molar-refractivity contribution < 1.29 is 47.0 Å². The average Bonchev–Trinajstić information content (AvgIpc) is 3.04. The van der Waals surface area contributed by atoms with E-state index in [4.69, 9.17) is 28.0 Å². The SMILES string of the molecule is CCCCC(=O)OC1C(COP(=O)(O)OCCC)OC(OC)C1OC(=O)CCCC. The van der Waals surface area contributed by atoms with Gasteiger partial charge in [0.1, 0.15) is 6.10 Å². The standard InChI is InChI=1S/C19H35O10P/c1-5-8-10-15(20)28-17-14(13-26-30(22,23)25-12-7-3)27-19(24-4)18(17)29-16(21)11-9-6-2/h14,17-19H,5-13H2,1-4H3,(H,22,23). The lowest BCUT2D eigenvalue weighted by Crippen LogP contribution is -2.42. The van der Waals surface area contributed by atoms with Crippen molar-refractivity contribution in [3.05, 3.63) is 0 Å². The molecule has 5 unspecified atom stereocenters. The summed E-state index contributed by atoms with van der Waals surface area (Å²) in [5, 5.41) is 0. The molecule has 0 radical (unpaired) electrons. The highest BCUT2D eigenvalue weighted by molar-refractivity contribution is 7.47. The summed E-state index contributed by atoms with van der Waals surface area (Å²) >= 11 is 0. The van der Waals surface area contributed by atoms with E-state index in [1.807, 2.05) is 13.8 Å². The van der Waals surface area contributed by atoms with Crippen molar-refractivity contribution in [2.24, 2.45) is 0 Å². The lowest BCUT2D eigenvalue weighted by molar-refractivity contribution is -0.183. The van der Waals surface area contributed by atoms with Gasteiger partial charge in [-0.1, -0.05) is 33.6 Å². The van der Waals surface area contributed by atoms with Gasteiger partial charge in [-0.05, 0) is 19.3 Å². The van der Waals surface area contributed by atoms with Crippen LogP contribution in [0.2, 0.25) is 0 Å². The normalized spacial score (nSPS) is 25.6. The highest BCUT2D eigenvalue weighted by Crippen LogP contribution is 2.44. The fourth-order valence-electron chi connectivity index (χ4n) is 2.76. The first kappa shape index (κ1) is 27.0. The van der Waals surface area contributed by atoms with Gasteiger partial charge in [0.15, 0.2) is 18.5 Å². The van der Waals surface area contributed by atoms with Crippen LogP contribution in [0.5, 0.6) is 0 Å². The van der Waals surface area contributed by atoms with Gasteiger partial charge in [0.2, 0.25) is 0 Å². The molecular weight excluding hydrogens is 419 g/mol. The van der Waals surface area contributed by atoms with Crippen LogP contribution in [0, 0.1) is 0 Å². The number of phosphoric acid groups is 1. The number of unbranched alkanes of at least 4 members (excludes halogenated alkanes) is 2. The highest BCUT2D eigenvalue weighted by Gasteiger charge is 2.50. The summed E-state index contributed by atoms with van der Waals surface area (Å²) in [4.78, 5) is 34.1. The summed E-state index contributed by atoms with van der Waals surface area (Å²) in [5.74, 6) is -0.959. The van der Waals surface area contributed by atoms with Gasteiger partial charge in [0.25, 0.3) is 0 Å². The van der Waals surface area contributed by atoms with Crippen LogP contribution in [-0.4, -0.2) is 61.8 Å². The molecule has 0 saturated carbocycles. The van der Waals surface area contributed by atoms with E-state index in [0.717, 1.165) is 12.8 Å². The molecule has 1 N–H and O–H groups in total. The van der Waals surface area contributed by atoms with Crippen LogP contribution in [0.1, 0.15) is 65.7 Å². The Morgan fingerprint density at radius 1 is 0.933 bits per heavy atom. The molecule has 0 aromatic carbocycles. The van der Waals surface area contributed by atoms with E-state index in [0.29, 0.717) is 19.3 Å². The molecule has 1 rings (SSSR count). The van der Waals surface area contributed by atoms with Gasteiger partial charge < -0.3 is 23.8 Å². The van der Waals surface area contributed by atoms with Crippen molar-refractivity contribution >= 4 is 19.8 Å². The Kier molecular flexibility index (Phi) is 12.7. The molecule has 0 amide bonds. The molecule has 10 nitrogen and oxygen atoms in total. The predicted octanol–water partition coefficient (Wildman–Crippen LogP) is 3.11. The maximum Gasteiger partial charge on any atom is 0.472 e. The molecule has 0 spiro atoms. The van der Waals surface area contributed by atoms with Crippen LogP contribution >= 0.6 is 7.82 Å². The maximum absolute atomic E-state index is 12.2. The number of esters is 2. The van der Waals surface area contributed by atoms with E-state index >= 15 is 0 Å². The zero-order chi connectivity index (χ0) is 22.6. The Bertz CT molecular complexity index is 570. The molecule has 5 atom stereocenters. The summed E-state index contributed by atoms with van der Waals surface area (Å²) in [7, 11) is -2.94. The summed E-state index contributed by atoms with van der Waals surface area (Å²) in [6.07, 6.45) is -0.209. The summed E-state index contributed by atoms with van der Waals surface area (Å²) in [6, 6.07) is 0. The van der Waals surface area contributed by atoms with Crippen LogP contribution in [0.15, 0.2) is 0 Å². The number of carbonyl (C=O) groups excluding carboxylic acids is 2. The summed E-state index contributed by atoms with van der Waals surface area (Å²) in [5.41, 5.74) is 0. The van der Waals surface area contributed by atoms with Gasteiger partial charge in [0.05, 0.1) is 13.2 Å². The second-order valence-electron chi connectivity index (χ2n) is 6.99. The monoisotopic (exact) mass is 454 g/mol. The quantitative estimate of drug-likeness (QED) is 0.291. The minimum absolute atomic E-state index is 0.0487. The van der Waals surface area contributed by atoms with Crippen molar-refractivity contribution in [3.8, 4) is 0 Å². The minimum atomic E-state index is -4.30. The first-order valence-electron chi connectivity index (χ1n) is 10.5. The van der Waals surface area contributed by atoms with Crippen LogP contribution < -0.4 is 0 Å². The van der Waals surface area contributed by atoms with Crippen LogP contribution in [0.4, 0.5) is 0 Å². The molecule has 1 fully saturated rings. The first-order chi connectivity index (χ1) is 14.3. The molecule has 176 valence electrons. The Morgan fingerprint density at radius 3 is 2.00 bits per heavy atom. The molecule has 0 aliphatic carbocycles. The van der Waals surface area contributed by atoms with Crippen molar-refractivity contribution in [1.82, 2.24) is 0 Å². The summed E-state index contributed by atoms with van der Waals surface area (Å²) in [6.45, 7) is 5.31. The molecule has 30 heavy (non-hydrogen) atoms. The maximum atomic E-state index is 12.2. The lowest BCUT2D eigenvalue weighted by atomic mass is 10.1. The predicted molar refractivity (Wildman–Crippen MR) is 107 cm³/mol. The van der Waals surface area contributed by atoms with Crippen molar-refractivity contribution in [1.29, 1.82) is 0 Å². The number of carbonyl (C=O) groups is 2. The molecule has 1 aliphatic heterocycles. The second kappa shape index (κ2) is 14.1. The molecular formula is C19H35O10P. The highest BCUT2D eigenvalue weighted by atomic mass is 31.2. The third-order valence-corrected chi connectivity index (χ3v) is 5.35. The van der Waals surface area contributed by atoms with E-state index in [-0.39, 0.29) is 19.4 Å². The van der Waals surface area contributed by atoms with Gasteiger partial charge >= 0.3 is 19.8 Å². The Balaban J connectivity index is 2.90. The first-order valence-corrected chi connectivity index (χ1v) is 12.0. The lowest BCUT2D eigenvalue weighted by Gasteiger charge is -2.24. The molecule has 1 heterocycles. The number of phosphoric ester groups is 1. The molecule has 11 heteroatoms. The Hall–Kier alpha value is -1.03. The number of methoxy groups -OCH3 is 1. The van der Waals surface area contributed by atoms with Crippen molar-refractivity contribution in [2.75, 3.05) is 20.3 Å². The van der Waals surface area contributed by atoms with Gasteiger partial charge in [0, 0.05) is 20.0 Å². The fourth-order valence-corrected chi connectivity index (χ4v) is 3.58. The largest absolute Gasteiger partial charge is 0.472 e. The van der Waals surface area contributed by atoms with Gasteiger partial charge in [-0.2, -0.15) is 0 Å². The van der Waals surface area contributed by atoms with E-state index in [1.54, 1.807) is 6.92 Å². The zero-order valence-electron chi connectivity index (χ0n) is 18.2. The van der Waals surface area contributed by atoms with E-state index in [2.05, 4.69) is 0 Å². The number of hydrogen-bond donors (Lipinski definition) is 1. The third-order valence-electron chi connectivity index (χ3n) is 4.36. The van der Waals surface area contributed by atoms with E-state index in [9.17, 15) is 19.0 Å². The molecule has 0 aromatic heterocycles. The minimum Gasteiger partial charge on any atom is -0.455 e. The van der Waals surface area contributed by atoms with Crippen LogP contribution in [0.25, 0.3) is 0 Å². The van der Waals surface area contributed by atoms with Crippen molar-refractivity contribution in [3.63, 3.8) is 0 Å². The van der Waals surface area contributed by atoms with Crippen LogP contribution in [0.3, 0.4) is 0 Å².